The van der Waals surface area contributed by atoms with Crippen molar-refractivity contribution >= 4 is 6.09 Å². The first kappa shape index (κ1) is 13.4. The van der Waals surface area contributed by atoms with E-state index < -0.39 is 0 Å². The van der Waals surface area contributed by atoms with E-state index in [0.29, 0.717) is 18.9 Å². The molecular weight excluding hydrogens is 270 g/mol. The molecule has 21 heavy (non-hydrogen) atoms. The van der Waals surface area contributed by atoms with E-state index in [1.807, 2.05) is 30.3 Å². The van der Waals surface area contributed by atoms with Gasteiger partial charge in [0.25, 0.3) is 5.56 Å². The lowest BCUT2D eigenvalue weighted by molar-refractivity contribution is 0.0650. The van der Waals surface area contributed by atoms with Crippen LogP contribution in [-0.4, -0.2) is 34.1 Å². The number of carbonyl (C=O) groups excluding carboxylic acids is 1. The topological polar surface area (TPSA) is 75.3 Å². The van der Waals surface area contributed by atoms with Gasteiger partial charge in [0, 0.05) is 25.4 Å². The highest BCUT2D eigenvalue weighted by Gasteiger charge is 2.34. The molecule has 6 heteroatoms. The summed E-state index contributed by atoms with van der Waals surface area (Å²) in [6.45, 7) is 1.29. The van der Waals surface area contributed by atoms with Gasteiger partial charge in [-0.2, -0.15) is 0 Å². The molecule has 1 N–H and O–H groups in total. The number of amides is 1. The maximum Gasteiger partial charge on any atom is 0.410 e. The number of H-pyrrole nitrogens is 1. The Balaban J connectivity index is 1.49. The van der Waals surface area contributed by atoms with Crippen molar-refractivity contribution in [1.82, 2.24) is 14.9 Å². The van der Waals surface area contributed by atoms with Crippen LogP contribution in [0.3, 0.4) is 0 Å². The number of rotatable bonds is 3. The third kappa shape index (κ3) is 3.10. The van der Waals surface area contributed by atoms with Crippen molar-refractivity contribution in [3.8, 4) is 0 Å². The van der Waals surface area contributed by atoms with Crippen molar-refractivity contribution in [2.24, 2.45) is 0 Å². The lowest BCUT2D eigenvalue weighted by atomic mass is 10.0. The maximum absolute atomic E-state index is 11.9. The molecule has 1 aromatic heterocycles. The summed E-state index contributed by atoms with van der Waals surface area (Å²) >= 11 is 0. The quantitative estimate of drug-likeness (QED) is 0.927. The molecule has 0 bridgehead atoms. The summed E-state index contributed by atoms with van der Waals surface area (Å²) in [6, 6.07) is 10.9. The van der Waals surface area contributed by atoms with Gasteiger partial charge in [-0.15, -0.1) is 0 Å². The summed E-state index contributed by atoms with van der Waals surface area (Å²) in [6.07, 6.45) is 1.14. The van der Waals surface area contributed by atoms with Crippen molar-refractivity contribution < 1.29 is 9.53 Å². The van der Waals surface area contributed by atoms with E-state index in [-0.39, 0.29) is 24.2 Å². The minimum Gasteiger partial charge on any atom is -0.445 e. The second-order valence-corrected chi connectivity index (χ2v) is 4.96. The van der Waals surface area contributed by atoms with Crippen LogP contribution in [0.1, 0.15) is 17.3 Å². The van der Waals surface area contributed by atoms with Gasteiger partial charge in [0.05, 0.1) is 5.92 Å². The van der Waals surface area contributed by atoms with E-state index in [4.69, 9.17) is 4.74 Å². The highest BCUT2D eigenvalue weighted by Crippen LogP contribution is 2.24. The Hall–Kier alpha value is -2.63. The molecule has 0 unspecified atom stereocenters. The van der Waals surface area contributed by atoms with E-state index in [2.05, 4.69) is 9.97 Å². The van der Waals surface area contributed by atoms with Crippen LogP contribution >= 0.6 is 0 Å². The van der Waals surface area contributed by atoms with E-state index in [0.717, 1.165) is 5.56 Å². The maximum atomic E-state index is 11.9. The normalized spacial score (nSPS) is 14.6. The molecule has 0 atom stereocenters. The van der Waals surface area contributed by atoms with Crippen LogP contribution in [0.2, 0.25) is 0 Å². The van der Waals surface area contributed by atoms with Crippen molar-refractivity contribution in [3.05, 3.63) is 64.3 Å². The highest BCUT2D eigenvalue weighted by atomic mass is 16.6. The molecule has 0 radical (unpaired) electrons. The predicted molar refractivity (Wildman–Crippen MR) is 75.8 cm³/mol. The Morgan fingerprint density at radius 3 is 2.76 bits per heavy atom. The second kappa shape index (κ2) is 5.78. The summed E-state index contributed by atoms with van der Waals surface area (Å²) in [7, 11) is 0. The molecule has 1 amide bonds. The fourth-order valence-corrected chi connectivity index (χ4v) is 2.20. The van der Waals surface area contributed by atoms with Crippen molar-refractivity contribution in [2.45, 2.75) is 12.5 Å². The molecule has 1 fully saturated rings. The van der Waals surface area contributed by atoms with Gasteiger partial charge in [0.1, 0.15) is 12.4 Å². The van der Waals surface area contributed by atoms with Gasteiger partial charge < -0.3 is 14.6 Å². The lowest BCUT2D eigenvalue weighted by Gasteiger charge is -2.37. The number of aromatic nitrogens is 2. The Kier molecular flexibility index (Phi) is 3.68. The molecule has 2 aromatic rings. The van der Waals surface area contributed by atoms with Gasteiger partial charge in [0.15, 0.2) is 0 Å². The smallest absolute Gasteiger partial charge is 0.410 e. The number of nitrogens with zero attached hydrogens (tertiary/aromatic N) is 2. The predicted octanol–water partition coefficient (Wildman–Crippen LogP) is 1.51. The number of aromatic amines is 1. The molecule has 6 nitrogen and oxygen atoms in total. The molecule has 1 aliphatic rings. The Labute approximate surface area is 121 Å². The summed E-state index contributed by atoms with van der Waals surface area (Å²) in [5.74, 6) is 0.692. The minimum atomic E-state index is -0.339. The lowest BCUT2D eigenvalue weighted by Crippen LogP contribution is -2.49. The molecule has 0 saturated carbocycles. The molecule has 0 aliphatic carbocycles. The summed E-state index contributed by atoms with van der Waals surface area (Å²) in [5.41, 5.74) is 0.780. The molecule has 1 aromatic carbocycles. The first-order chi connectivity index (χ1) is 10.2. The summed E-state index contributed by atoms with van der Waals surface area (Å²) in [4.78, 5) is 31.5. The van der Waals surface area contributed by atoms with Crippen LogP contribution in [0.4, 0.5) is 4.79 Å². The largest absolute Gasteiger partial charge is 0.445 e. The van der Waals surface area contributed by atoms with Crippen LogP contribution in [0.15, 0.2) is 47.4 Å². The van der Waals surface area contributed by atoms with Crippen molar-refractivity contribution in [1.29, 1.82) is 0 Å². The zero-order valence-electron chi connectivity index (χ0n) is 11.4. The van der Waals surface area contributed by atoms with Gasteiger partial charge in [0.2, 0.25) is 0 Å². The molecular formula is C15H15N3O3. The number of benzene rings is 1. The van der Waals surface area contributed by atoms with E-state index >= 15 is 0 Å². The number of likely N-dealkylation sites (tertiary alicyclic amines) is 1. The van der Waals surface area contributed by atoms with Gasteiger partial charge >= 0.3 is 6.09 Å². The number of nitrogens with one attached hydrogen (secondary N) is 1. The molecule has 1 aliphatic heterocycles. The number of carbonyl (C=O) groups is 1. The molecule has 0 spiro atoms. The van der Waals surface area contributed by atoms with Crippen molar-refractivity contribution in [2.75, 3.05) is 13.1 Å². The van der Waals surface area contributed by atoms with E-state index in [1.54, 1.807) is 4.90 Å². The average Bonchev–Trinajstić information content (AvgIpc) is 2.45. The fraction of sp³-hybridized carbons (Fsp3) is 0.267. The minimum absolute atomic E-state index is 0.0724. The van der Waals surface area contributed by atoms with Gasteiger partial charge in [-0.25, -0.2) is 9.78 Å². The summed E-state index contributed by atoms with van der Waals surface area (Å²) in [5, 5.41) is 0. The average molecular weight is 285 g/mol. The SMILES string of the molecule is O=C(OCc1ccccc1)N1CC(c2nccc(=O)[nH]2)C1. The number of ether oxygens (including phenoxy) is 1. The van der Waals surface area contributed by atoms with Crippen LogP contribution in [0.25, 0.3) is 0 Å². The Bertz CT molecular complexity index is 678. The van der Waals surface area contributed by atoms with E-state index in [9.17, 15) is 9.59 Å². The first-order valence-corrected chi connectivity index (χ1v) is 6.73. The molecule has 2 heterocycles. The molecule has 3 rings (SSSR count). The summed E-state index contributed by atoms with van der Waals surface area (Å²) < 4.78 is 5.23. The standard InChI is InChI=1S/C15H15N3O3/c19-13-6-7-16-14(17-13)12-8-18(9-12)15(20)21-10-11-4-2-1-3-5-11/h1-7,12H,8-10H2,(H,16,17,19). The van der Waals surface area contributed by atoms with Gasteiger partial charge in [-0.1, -0.05) is 30.3 Å². The second-order valence-electron chi connectivity index (χ2n) is 4.96. The number of hydrogen-bond donors (Lipinski definition) is 1. The monoisotopic (exact) mass is 285 g/mol. The zero-order valence-corrected chi connectivity index (χ0v) is 11.4. The Morgan fingerprint density at radius 1 is 1.29 bits per heavy atom. The molecule has 1 saturated heterocycles. The Morgan fingerprint density at radius 2 is 2.05 bits per heavy atom. The first-order valence-electron chi connectivity index (χ1n) is 6.73. The van der Waals surface area contributed by atoms with Gasteiger partial charge in [-0.3, -0.25) is 4.79 Å². The van der Waals surface area contributed by atoms with Crippen LogP contribution in [-0.2, 0) is 11.3 Å². The number of hydrogen-bond acceptors (Lipinski definition) is 4. The van der Waals surface area contributed by atoms with Crippen LogP contribution < -0.4 is 5.56 Å². The highest BCUT2D eigenvalue weighted by molar-refractivity contribution is 5.69. The van der Waals surface area contributed by atoms with Crippen LogP contribution in [0, 0.1) is 0 Å². The zero-order chi connectivity index (χ0) is 14.7. The van der Waals surface area contributed by atoms with Gasteiger partial charge in [-0.05, 0) is 5.56 Å². The van der Waals surface area contributed by atoms with Crippen LogP contribution in [0.5, 0.6) is 0 Å². The third-order valence-corrected chi connectivity index (χ3v) is 3.42. The molecule has 108 valence electrons. The fourth-order valence-electron chi connectivity index (χ4n) is 2.20. The third-order valence-electron chi connectivity index (χ3n) is 3.42. The van der Waals surface area contributed by atoms with Crippen molar-refractivity contribution in [3.63, 3.8) is 0 Å². The van der Waals surface area contributed by atoms with E-state index in [1.165, 1.54) is 12.3 Å².